The number of nitrogens with one attached hydrogen (secondary N) is 1. The molecule has 0 bridgehead atoms. The van der Waals surface area contributed by atoms with Crippen LogP contribution in [0.2, 0.25) is 0 Å². The molecule has 0 fully saturated rings. The summed E-state index contributed by atoms with van der Waals surface area (Å²) in [6.07, 6.45) is 13.3. The number of allylic oxidation sites excluding steroid dienone is 4. The van der Waals surface area contributed by atoms with Crippen LogP contribution >= 0.6 is 0 Å². The van der Waals surface area contributed by atoms with Crippen molar-refractivity contribution in [2.75, 3.05) is 10.2 Å². The third-order valence-electron chi connectivity index (χ3n) is 12.4. The van der Waals surface area contributed by atoms with E-state index in [0.29, 0.717) is 5.82 Å². The van der Waals surface area contributed by atoms with Crippen molar-refractivity contribution < 1.29 is 0 Å². The van der Waals surface area contributed by atoms with Gasteiger partial charge in [0.15, 0.2) is 11.6 Å². The maximum Gasteiger partial charge on any atom is 0.184 e. The second-order valence-electron chi connectivity index (χ2n) is 15.8. The maximum absolute atomic E-state index is 5.37. The zero-order valence-electron chi connectivity index (χ0n) is 33.1. The number of benzene rings is 5. The van der Waals surface area contributed by atoms with Gasteiger partial charge in [-0.05, 0) is 106 Å². The Kier molecular flexibility index (Phi) is 9.29. The molecule has 2 unspecified atom stereocenters. The van der Waals surface area contributed by atoms with E-state index in [1.54, 1.807) is 0 Å². The van der Waals surface area contributed by atoms with Crippen LogP contribution in [-0.2, 0) is 18.4 Å². The molecule has 7 heteroatoms. The van der Waals surface area contributed by atoms with Gasteiger partial charge >= 0.3 is 0 Å². The first kappa shape index (κ1) is 35.8. The first-order valence-corrected chi connectivity index (χ1v) is 20.7. The molecule has 286 valence electrons. The zero-order valence-corrected chi connectivity index (χ0v) is 33.1. The number of fused-ring (bicyclic) bond motifs is 2. The first-order chi connectivity index (χ1) is 28.6. The smallest absolute Gasteiger partial charge is 0.184 e. The Morgan fingerprint density at radius 3 is 2.09 bits per heavy atom. The van der Waals surface area contributed by atoms with Gasteiger partial charge in [-0.25, -0.2) is 9.67 Å². The van der Waals surface area contributed by atoms with Crippen LogP contribution in [0.3, 0.4) is 0 Å². The van der Waals surface area contributed by atoms with Gasteiger partial charge in [0.2, 0.25) is 0 Å². The summed E-state index contributed by atoms with van der Waals surface area (Å²) >= 11 is 0. The normalized spacial score (nSPS) is 17.1. The monoisotopic (exact) mass is 757 g/mol. The Hall–Kier alpha value is -6.60. The van der Waals surface area contributed by atoms with Gasteiger partial charge in [-0.1, -0.05) is 159 Å². The molecule has 2 aromatic heterocycles. The zero-order chi connectivity index (χ0) is 39.1. The minimum absolute atomic E-state index is 0.194. The Morgan fingerprint density at radius 1 is 0.759 bits per heavy atom. The van der Waals surface area contributed by atoms with E-state index in [-0.39, 0.29) is 12.2 Å². The van der Waals surface area contributed by atoms with E-state index in [2.05, 4.69) is 187 Å². The summed E-state index contributed by atoms with van der Waals surface area (Å²) < 4.78 is 2.03. The van der Waals surface area contributed by atoms with Crippen molar-refractivity contribution in [3.05, 3.63) is 202 Å². The summed E-state index contributed by atoms with van der Waals surface area (Å²) in [5.41, 5.74) is 13.3. The van der Waals surface area contributed by atoms with Gasteiger partial charge in [-0.3, -0.25) is 0 Å². The van der Waals surface area contributed by atoms with Gasteiger partial charge < -0.3 is 10.2 Å². The number of pyridine rings is 1. The molecule has 3 heterocycles. The van der Waals surface area contributed by atoms with Crippen molar-refractivity contribution in [3.8, 4) is 22.5 Å². The Bertz CT molecular complexity index is 2550. The molecular formula is C51H47N7. The highest BCUT2D eigenvalue weighted by Gasteiger charge is 2.43. The van der Waals surface area contributed by atoms with Crippen molar-refractivity contribution in [1.29, 1.82) is 0 Å². The van der Waals surface area contributed by atoms with E-state index in [0.717, 1.165) is 83.4 Å². The molecule has 10 rings (SSSR count). The first-order valence-electron chi connectivity index (χ1n) is 20.7. The summed E-state index contributed by atoms with van der Waals surface area (Å²) in [6, 6.07) is 49.9. The molecule has 3 aliphatic rings. The highest BCUT2D eigenvalue weighted by atomic mass is 15.6. The third kappa shape index (κ3) is 6.04. The predicted octanol–water partition coefficient (Wildman–Crippen LogP) is 11.0. The average molecular weight is 758 g/mol. The topological polar surface area (TPSA) is 71.8 Å². The molecule has 7 aromatic rings. The van der Waals surface area contributed by atoms with Crippen molar-refractivity contribution in [3.63, 3.8) is 0 Å². The summed E-state index contributed by atoms with van der Waals surface area (Å²) in [4.78, 5) is 7.96. The molecule has 0 saturated heterocycles. The lowest BCUT2D eigenvalue weighted by atomic mass is 9.77. The Balaban J connectivity index is 1.05. The van der Waals surface area contributed by atoms with Crippen LogP contribution in [0.25, 0.3) is 22.5 Å². The molecule has 2 atom stereocenters. The molecule has 58 heavy (non-hydrogen) atoms. The molecule has 0 amide bonds. The second-order valence-corrected chi connectivity index (χ2v) is 15.8. The third-order valence-corrected chi connectivity index (χ3v) is 12.4. The van der Waals surface area contributed by atoms with Crippen LogP contribution in [0.1, 0.15) is 77.7 Å². The van der Waals surface area contributed by atoms with E-state index in [4.69, 9.17) is 15.3 Å². The van der Waals surface area contributed by atoms with Gasteiger partial charge in [0.25, 0.3) is 0 Å². The number of hydrogen-bond donors (Lipinski definition) is 1. The molecule has 0 saturated carbocycles. The van der Waals surface area contributed by atoms with Crippen LogP contribution in [0.4, 0.5) is 11.5 Å². The molecule has 7 nitrogen and oxygen atoms in total. The standard InChI is InChI=1S/C51H47N7/c1-3-47-53-48-35(2)32-42(33-36-18-8-4-9-19-36)52-50(48)57(47)46-31-29-38-34-37(28-30-44(38)46)43-26-16-17-27-45(43)49-54-55-56-58(49)51(39-20-10-5-11-21-39,40-22-12-6-13-23-40)41-24-14-7-15-25-41/h5-8,10-28,30,32,34,46-47,53H,3-4,9,29,31,33H2,1-2H3. The Labute approximate surface area is 340 Å². The number of aromatic nitrogens is 5. The van der Waals surface area contributed by atoms with Crippen LogP contribution in [0.15, 0.2) is 163 Å². The van der Waals surface area contributed by atoms with Crippen molar-refractivity contribution in [2.24, 2.45) is 0 Å². The SMILES string of the molecule is CCC1Nc2c(C)cc(CC3=CCCC=C3)nc2N1C1CCc2cc(-c3ccccc3-c3nnnn3C(c3ccccc3)(c3ccccc3)c3ccccc3)ccc21. The maximum atomic E-state index is 5.37. The Morgan fingerprint density at radius 2 is 1.43 bits per heavy atom. The number of hydrogen-bond acceptors (Lipinski definition) is 6. The van der Waals surface area contributed by atoms with E-state index in [9.17, 15) is 0 Å². The van der Waals surface area contributed by atoms with Gasteiger partial charge in [0.1, 0.15) is 11.7 Å². The summed E-state index contributed by atoms with van der Waals surface area (Å²) in [5, 5.41) is 17.9. The van der Waals surface area contributed by atoms with Gasteiger partial charge in [-0.15, -0.1) is 5.10 Å². The van der Waals surface area contributed by atoms with Gasteiger partial charge in [0.05, 0.1) is 11.7 Å². The molecule has 1 N–H and O–H groups in total. The lowest BCUT2D eigenvalue weighted by molar-refractivity contribution is 0.451. The molecular weight excluding hydrogens is 711 g/mol. The minimum atomic E-state index is -0.840. The largest absolute Gasteiger partial charge is 0.362 e. The lowest BCUT2D eigenvalue weighted by Crippen LogP contribution is -2.39. The van der Waals surface area contributed by atoms with E-state index in [1.165, 1.54) is 28.0 Å². The quantitative estimate of drug-likeness (QED) is 0.140. The van der Waals surface area contributed by atoms with Crippen molar-refractivity contribution >= 4 is 11.5 Å². The fourth-order valence-electron chi connectivity index (χ4n) is 9.70. The number of nitrogens with zero attached hydrogens (tertiary/aromatic N) is 6. The molecule has 0 spiro atoms. The highest BCUT2D eigenvalue weighted by molar-refractivity contribution is 5.82. The van der Waals surface area contributed by atoms with Crippen LogP contribution in [-0.4, -0.2) is 31.4 Å². The van der Waals surface area contributed by atoms with Crippen LogP contribution in [0, 0.1) is 6.92 Å². The number of tetrazole rings is 1. The van der Waals surface area contributed by atoms with E-state index < -0.39 is 5.54 Å². The highest BCUT2D eigenvalue weighted by Crippen LogP contribution is 2.48. The van der Waals surface area contributed by atoms with Crippen LogP contribution in [0.5, 0.6) is 0 Å². The fraction of sp³-hybridized carbons (Fsp3) is 0.216. The number of rotatable bonds is 10. The molecule has 1 aliphatic heterocycles. The lowest BCUT2D eigenvalue weighted by Gasteiger charge is -2.36. The fourth-order valence-corrected chi connectivity index (χ4v) is 9.70. The molecule has 0 radical (unpaired) electrons. The summed E-state index contributed by atoms with van der Waals surface area (Å²) in [7, 11) is 0. The molecule has 5 aromatic carbocycles. The minimum Gasteiger partial charge on any atom is -0.362 e. The summed E-state index contributed by atoms with van der Waals surface area (Å²) in [5.74, 6) is 1.80. The number of anilines is 2. The van der Waals surface area contributed by atoms with Gasteiger partial charge in [-0.2, -0.15) is 0 Å². The predicted molar refractivity (Wildman–Crippen MR) is 234 cm³/mol. The van der Waals surface area contributed by atoms with E-state index in [1.807, 2.05) is 4.68 Å². The number of aryl methyl sites for hydroxylation is 2. The van der Waals surface area contributed by atoms with Gasteiger partial charge in [0, 0.05) is 17.7 Å². The summed E-state index contributed by atoms with van der Waals surface area (Å²) in [6.45, 7) is 4.50. The van der Waals surface area contributed by atoms with Crippen molar-refractivity contribution in [1.82, 2.24) is 25.2 Å². The molecule has 2 aliphatic carbocycles. The second kappa shape index (κ2) is 15.1. The van der Waals surface area contributed by atoms with E-state index >= 15 is 0 Å². The van der Waals surface area contributed by atoms with Crippen LogP contribution < -0.4 is 10.2 Å². The average Bonchev–Trinajstić information content (AvgIpc) is 4.03. The van der Waals surface area contributed by atoms with Crippen molar-refractivity contribution in [2.45, 2.75) is 70.1 Å².